The molecule has 0 aliphatic carbocycles. The Bertz CT molecular complexity index is 438. The predicted molar refractivity (Wildman–Crippen MR) is 81.8 cm³/mol. The second-order valence-corrected chi connectivity index (χ2v) is 5.29. The van der Waals surface area contributed by atoms with Gasteiger partial charge in [0.15, 0.2) is 5.11 Å². The molecule has 0 unspecified atom stereocenters. The molecule has 1 aromatic rings. The summed E-state index contributed by atoms with van der Waals surface area (Å²) in [5, 5.41) is 3.18. The van der Waals surface area contributed by atoms with Crippen LogP contribution in [0.15, 0.2) is 24.3 Å². The van der Waals surface area contributed by atoms with E-state index < -0.39 is 11.7 Å². The molecule has 3 nitrogen and oxygen atoms in total. The summed E-state index contributed by atoms with van der Waals surface area (Å²) in [5.41, 5.74) is 4.23. The third-order valence-electron chi connectivity index (χ3n) is 2.35. The van der Waals surface area contributed by atoms with Crippen molar-refractivity contribution in [1.82, 2.24) is 10.7 Å². The Morgan fingerprint density at radius 3 is 2.65 bits per heavy atom. The number of thiocarbonyl (C=S) groups is 1. The molecule has 0 bridgehead atoms. The molecule has 112 valence electrons. The van der Waals surface area contributed by atoms with E-state index in [2.05, 4.69) is 16.2 Å². The molecular formula is C12H16F3N3S2. The lowest BCUT2D eigenvalue weighted by atomic mass is 10.2. The Morgan fingerprint density at radius 1 is 1.30 bits per heavy atom. The van der Waals surface area contributed by atoms with Crippen LogP contribution in [0, 0.1) is 0 Å². The van der Waals surface area contributed by atoms with E-state index in [1.165, 1.54) is 18.2 Å². The molecule has 0 amide bonds. The molecule has 0 saturated carbocycles. The Hall–Kier alpha value is -1.15. The Morgan fingerprint density at radius 2 is 2.00 bits per heavy atom. The minimum Gasteiger partial charge on any atom is -0.361 e. The topological polar surface area (TPSA) is 36.1 Å². The van der Waals surface area contributed by atoms with E-state index in [-0.39, 0.29) is 10.8 Å². The number of halogens is 3. The van der Waals surface area contributed by atoms with Gasteiger partial charge in [-0.15, -0.1) is 0 Å². The highest BCUT2D eigenvalue weighted by Gasteiger charge is 2.33. The second-order valence-electron chi connectivity index (χ2n) is 3.90. The smallest absolute Gasteiger partial charge is 0.361 e. The lowest BCUT2D eigenvalue weighted by Crippen LogP contribution is -2.39. The van der Waals surface area contributed by atoms with Gasteiger partial charge in [-0.25, -0.2) is 0 Å². The van der Waals surface area contributed by atoms with E-state index in [0.29, 0.717) is 6.54 Å². The van der Waals surface area contributed by atoms with Crippen molar-refractivity contribution >= 4 is 34.8 Å². The van der Waals surface area contributed by atoms with Gasteiger partial charge in [0.25, 0.3) is 0 Å². The van der Waals surface area contributed by atoms with Crippen LogP contribution in [0.2, 0.25) is 0 Å². The van der Waals surface area contributed by atoms with Gasteiger partial charge in [-0.2, -0.15) is 24.9 Å². The number of hydrogen-bond acceptors (Lipinski definition) is 3. The molecule has 0 saturated heterocycles. The number of hydrazine groups is 1. The minimum atomic E-state index is -4.40. The molecule has 0 heterocycles. The average Bonchev–Trinajstić information content (AvgIpc) is 2.40. The van der Waals surface area contributed by atoms with Crippen molar-refractivity contribution in [2.45, 2.75) is 12.6 Å². The molecule has 3 N–H and O–H groups in total. The summed E-state index contributed by atoms with van der Waals surface area (Å²) >= 11 is 6.69. The normalized spacial score (nSPS) is 11.0. The van der Waals surface area contributed by atoms with Crippen molar-refractivity contribution in [2.24, 2.45) is 0 Å². The van der Waals surface area contributed by atoms with Crippen molar-refractivity contribution in [1.29, 1.82) is 0 Å². The van der Waals surface area contributed by atoms with Gasteiger partial charge in [0, 0.05) is 6.54 Å². The van der Waals surface area contributed by atoms with Crippen LogP contribution in [0.3, 0.4) is 0 Å². The fraction of sp³-hybridized carbons (Fsp3) is 0.417. The zero-order valence-electron chi connectivity index (χ0n) is 10.9. The van der Waals surface area contributed by atoms with Crippen LogP contribution < -0.4 is 16.2 Å². The zero-order valence-corrected chi connectivity index (χ0v) is 12.5. The van der Waals surface area contributed by atoms with Crippen molar-refractivity contribution < 1.29 is 13.2 Å². The summed E-state index contributed by atoms with van der Waals surface area (Å²) in [6.07, 6.45) is -1.47. The lowest BCUT2D eigenvalue weighted by molar-refractivity contribution is -0.137. The molecule has 20 heavy (non-hydrogen) atoms. The van der Waals surface area contributed by atoms with Crippen LogP contribution >= 0.6 is 24.0 Å². The highest BCUT2D eigenvalue weighted by atomic mass is 32.2. The summed E-state index contributed by atoms with van der Waals surface area (Å²) in [6.45, 7) is 0.676. The number of rotatable bonds is 6. The van der Waals surface area contributed by atoms with E-state index >= 15 is 0 Å². The van der Waals surface area contributed by atoms with E-state index in [9.17, 15) is 13.2 Å². The number of benzene rings is 1. The third-order valence-corrected chi connectivity index (χ3v) is 3.30. The van der Waals surface area contributed by atoms with Gasteiger partial charge < -0.3 is 5.32 Å². The number of thioether (sulfide) groups is 1. The van der Waals surface area contributed by atoms with Gasteiger partial charge in [0.2, 0.25) is 0 Å². The number of nitrogens with one attached hydrogen (secondary N) is 3. The molecule has 0 fully saturated rings. The molecular weight excluding hydrogens is 307 g/mol. The monoisotopic (exact) mass is 323 g/mol. The quantitative estimate of drug-likeness (QED) is 0.426. The Balaban J connectivity index is 2.48. The van der Waals surface area contributed by atoms with Gasteiger partial charge in [0.05, 0.1) is 11.3 Å². The predicted octanol–water partition coefficient (Wildman–Crippen LogP) is 3.25. The van der Waals surface area contributed by atoms with Crippen molar-refractivity contribution in [3.8, 4) is 0 Å². The van der Waals surface area contributed by atoms with Crippen LogP contribution in [-0.4, -0.2) is 23.7 Å². The summed E-state index contributed by atoms with van der Waals surface area (Å²) in [4.78, 5) is 0. The van der Waals surface area contributed by atoms with Gasteiger partial charge in [-0.3, -0.25) is 10.9 Å². The highest BCUT2D eigenvalue weighted by molar-refractivity contribution is 7.98. The van der Waals surface area contributed by atoms with Crippen LogP contribution in [0.25, 0.3) is 0 Å². The molecule has 0 aromatic heterocycles. The van der Waals surface area contributed by atoms with Gasteiger partial charge in [0.1, 0.15) is 0 Å². The fourth-order valence-electron chi connectivity index (χ4n) is 1.43. The van der Waals surface area contributed by atoms with Crippen molar-refractivity contribution in [3.05, 3.63) is 29.8 Å². The molecule has 1 rings (SSSR count). The first kappa shape index (κ1) is 16.9. The van der Waals surface area contributed by atoms with Crippen molar-refractivity contribution in [3.63, 3.8) is 0 Å². The van der Waals surface area contributed by atoms with Crippen LogP contribution in [-0.2, 0) is 6.18 Å². The Labute approximate surface area is 125 Å². The molecule has 0 aliphatic heterocycles. The number of para-hydroxylation sites is 1. The second kappa shape index (κ2) is 8.21. The zero-order chi connectivity index (χ0) is 15.0. The third kappa shape index (κ3) is 5.87. The SMILES string of the molecule is CSCCCNC(=S)NNc1ccccc1C(F)(F)F. The lowest BCUT2D eigenvalue weighted by Gasteiger charge is -2.16. The Kier molecular flexibility index (Phi) is 6.94. The van der Waals surface area contributed by atoms with Crippen LogP contribution in [0.4, 0.5) is 18.9 Å². The number of anilines is 1. The van der Waals surface area contributed by atoms with Crippen LogP contribution in [0.1, 0.15) is 12.0 Å². The summed E-state index contributed by atoms with van der Waals surface area (Å²) < 4.78 is 38.2. The molecule has 0 atom stereocenters. The first-order valence-corrected chi connectivity index (χ1v) is 7.70. The summed E-state index contributed by atoms with van der Waals surface area (Å²) in [7, 11) is 0. The molecule has 0 aliphatic rings. The van der Waals surface area contributed by atoms with E-state index in [4.69, 9.17) is 12.2 Å². The standard InChI is InChI=1S/C12H16F3N3S2/c1-20-8-4-7-16-11(19)18-17-10-6-3-2-5-9(10)12(13,14)15/h2-3,5-6,17H,4,7-8H2,1H3,(H2,16,18,19). The maximum Gasteiger partial charge on any atom is 0.418 e. The maximum absolute atomic E-state index is 12.7. The fourth-order valence-corrected chi connectivity index (χ4v) is 2.01. The van der Waals surface area contributed by atoms with Gasteiger partial charge in [-0.05, 0) is 42.8 Å². The maximum atomic E-state index is 12.7. The number of hydrogen-bond donors (Lipinski definition) is 3. The number of alkyl halides is 3. The molecule has 1 aromatic carbocycles. The summed E-state index contributed by atoms with van der Waals surface area (Å²) in [5.74, 6) is 1.000. The molecule has 0 radical (unpaired) electrons. The van der Waals surface area contributed by atoms with Crippen molar-refractivity contribution in [2.75, 3.05) is 24.0 Å². The minimum absolute atomic E-state index is 0.0618. The average molecular weight is 323 g/mol. The van der Waals surface area contributed by atoms with Crippen LogP contribution in [0.5, 0.6) is 0 Å². The first-order chi connectivity index (χ1) is 9.45. The van der Waals surface area contributed by atoms with Gasteiger partial charge >= 0.3 is 6.18 Å². The van der Waals surface area contributed by atoms with E-state index in [1.807, 2.05) is 6.26 Å². The van der Waals surface area contributed by atoms with Gasteiger partial charge in [-0.1, -0.05) is 12.1 Å². The molecule has 8 heteroatoms. The van der Waals surface area contributed by atoms with E-state index in [0.717, 1.165) is 18.2 Å². The summed E-state index contributed by atoms with van der Waals surface area (Å²) in [6, 6.07) is 5.21. The van der Waals surface area contributed by atoms with E-state index in [1.54, 1.807) is 11.8 Å². The largest absolute Gasteiger partial charge is 0.418 e. The first-order valence-electron chi connectivity index (χ1n) is 5.90. The highest BCUT2D eigenvalue weighted by Crippen LogP contribution is 2.34. The molecule has 0 spiro atoms.